The number of benzene rings is 2. The summed E-state index contributed by atoms with van der Waals surface area (Å²) in [4.78, 5) is 12.7. The standard InChI is InChI=1S/C16H11IO2S/c17-13-7-6-12-8-15(20-14(12)9-13)16(18)19-10-11-4-2-1-3-5-11/h1-9H,10H2. The fourth-order valence-electron chi connectivity index (χ4n) is 1.90. The molecule has 3 rings (SSSR count). The minimum absolute atomic E-state index is 0.259. The second-order valence-electron chi connectivity index (χ2n) is 4.35. The Morgan fingerprint density at radius 3 is 2.70 bits per heavy atom. The lowest BCUT2D eigenvalue weighted by molar-refractivity contribution is 0.0478. The minimum atomic E-state index is -0.259. The molecule has 20 heavy (non-hydrogen) atoms. The van der Waals surface area contributed by atoms with E-state index in [1.807, 2.05) is 48.5 Å². The zero-order chi connectivity index (χ0) is 13.9. The molecule has 0 unspecified atom stereocenters. The number of carbonyl (C=O) groups is 1. The van der Waals surface area contributed by atoms with E-state index in [4.69, 9.17) is 4.74 Å². The van der Waals surface area contributed by atoms with Gasteiger partial charge in [-0.3, -0.25) is 0 Å². The van der Waals surface area contributed by atoms with Crippen molar-refractivity contribution in [2.24, 2.45) is 0 Å². The zero-order valence-electron chi connectivity index (χ0n) is 10.5. The average molecular weight is 394 g/mol. The molecular formula is C16H11IO2S. The van der Waals surface area contributed by atoms with E-state index in [2.05, 4.69) is 28.7 Å². The van der Waals surface area contributed by atoms with Crippen LogP contribution in [0.2, 0.25) is 0 Å². The second-order valence-corrected chi connectivity index (χ2v) is 6.68. The fourth-order valence-corrected chi connectivity index (χ4v) is 3.60. The predicted molar refractivity (Wildman–Crippen MR) is 90.1 cm³/mol. The molecule has 1 aromatic heterocycles. The van der Waals surface area contributed by atoms with Crippen molar-refractivity contribution in [1.29, 1.82) is 0 Å². The van der Waals surface area contributed by atoms with Crippen molar-refractivity contribution in [3.8, 4) is 0 Å². The van der Waals surface area contributed by atoms with E-state index in [0.717, 1.165) is 15.6 Å². The third-order valence-electron chi connectivity index (χ3n) is 2.90. The smallest absolute Gasteiger partial charge is 0.348 e. The number of fused-ring (bicyclic) bond motifs is 1. The molecule has 0 aliphatic heterocycles. The van der Waals surface area contributed by atoms with Crippen LogP contribution >= 0.6 is 33.9 Å². The molecule has 0 N–H and O–H groups in total. The highest BCUT2D eigenvalue weighted by Crippen LogP contribution is 2.27. The summed E-state index contributed by atoms with van der Waals surface area (Å²) < 4.78 is 7.63. The summed E-state index contributed by atoms with van der Waals surface area (Å²) in [5.74, 6) is -0.259. The van der Waals surface area contributed by atoms with E-state index < -0.39 is 0 Å². The van der Waals surface area contributed by atoms with Crippen molar-refractivity contribution in [3.63, 3.8) is 0 Å². The van der Waals surface area contributed by atoms with Crippen molar-refractivity contribution in [3.05, 3.63) is 68.6 Å². The average Bonchev–Trinajstić information content (AvgIpc) is 2.89. The first kappa shape index (κ1) is 13.6. The van der Waals surface area contributed by atoms with E-state index in [1.165, 1.54) is 14.9 Å². The third-order valence-corrected chi connectivity index (χ3v) is 4.64. The van der Waals surface area contributed by atoms with Crippen molar-refractivity contribution in [2.75, 3.05) is 0 Å². The first-order chi connectivity index (χ1) is 9.72. The van der Waals surface area contributed by atoms with Gasteiger partial charge in [-0.05, 0) is 51.7 Å². The summed E-state index contributed by atoms with van der Waals surface area (Å²) in [7, 11) is 0. The minimum Gasteiger partial charge on any atom is -0.457 e. The Bertz CT molecular complexity index is 750. The van der Waals surface area contributed by atoms with Crippen LogP contribution in [0.5, 0.6) is 0 Å². The summed E-state index contributed by atoms with van der Waals surface area (Å²) in [6.07, 6.45) is 0. The van der Waals surface area contributed by atoms with E-state index in [-0.39, 0.29) is 5.97 Å². The molecule has 0 saturated carbocycles. The third kappa shape index (κ3) is 3.02. The molecule has 2 aromatic carbocycles. The summed E-state index contributed by atoms with van der Waals surface area (Å²) in [6.45, 7) is 0.311. The van der Waals surface area contributed by atoms with Gasteiger partial charge in [0.05, 0.1) is 0 Å². The highest BCUT2D eigenvalue weighted by Gasteiger charge is 2.12. The molecule has 0 amide bonds. The van der Waals surface area contributed by atoms with Crippen molar-refractivity contribution in [1.82, 2.24) is 0 Å². The van der Waals surface area contributed by atoms with Crippen molar-refractivity contribution < 1.29 is 9.53 Å². The number of ether oxygens (including phenoxy) is 1. The monoisotopic (exact) mass is 394 g/mol. The molecule has 100 valence electrons. The van der Waals surface area contributed by atoms with E-state index in [1.54, 1.807) is 0 Å². The maximum Gasteiger partial charge on any atom is 0.348 e. The van der Waals surface area contributed by atoms with Gasteiger partial charge in [0, 0.05) is 8.27 Å². The number of rotatable bonds is 3. The maximum atomic E-state index is 12.1. The molecular weight excluding hydrogens is 383 g/mol. The Morgan fingerprint density at radius 2 is 1.90 bits per heavy atom. The summed E-state index contributed by atoms with van der Waals surface area (Å²) in [5.41, 5.74) is 0.997. The van der Waals surface area contributed by atoms with Crippen LogP contribution in [0.1, 0.15) is 15.2 Å². The van der Waals surface area contributed by atoms with Gasteiger partial charge in [0.25, 0.3) is 0 Å². The van der Waals surface area contributed by atoms with Gasteiger partial charge in [0.2, 0.25) is 0 Å². The lowest BCUT2D eigenvalue weighted by Gasteiger charge is -2.02. The highest BCUT2D eigenvalue weighted by atomic mass is 127. The topological polar surface area (TPSA) is 26.3 Å². The van der Waals surface area contributed by atoms with Crippen LogP contribution in [0.3, 0.4) is 0 Å². The Balaban J connectivity index is 1.75. The van der Waals surface area contributed by atoms with Crippen LogP contribution in [0.4, 0.5) is 0 Å². The lowest BCUT2D eigenvalue weighted by atomic mass is 10.2. The van der Waals surface area contributed by atoms with Crippen LogP contribution < -0.4 is 0 Å². The van der Waals surface area contributed by atoms with Crippen LogP contribution in [-0.4, -0.2) is 5.97 Å². The molecule has 0 spiro atoms. The molecule has 0 bridgehead atoms. The largest absolute Gasteiger partial charge is 0.457 e. The predicted octanol–water partition coefficient (Wildman–Crippen LogP) is 4.86. The summed E-state index contributed by atoms with van der Waals surface area (Å²) >= 11 is 3.74. The quantitative estimate of drug-likeness (QED) is 0.469. The highest BCUT2D eigenvalue weighted by molar-refractivity contribution is 14.1. The molecule has 0 fully saturated rings. The van der Waals surface area contributed by atoms with Crippen LogP contribution in [0, 0.1) is 3.57 Å². The van der Waals surface area contributed by atoms with E-state index >= 15 is 0 Å². The Hall–Kier alpha value is -1.40. The number of hydrogen-bond acceptors (Lipinski definition) is 3. The first-order valence-corrected chi connectivity index (χ1v) is 8.02. The number of thiophene rings is 1. The van der Waals surface area contributed by atoms with Crippen molar-refractivity contribution in [2.45, 2.75) is 6.61 Å². The molecule has 0 atom stereocenters. The first-order valence-electron chi connectivity index (χ1n) is 6.12. The zero-order valence-corrected chi connectivity index (χ0v) is 13.5. The summed E-state index contributed by atoms with van der Waals surface area (Å²) in [6, 6.07) is 17.7. The van der Waals surface area contributed by atoms with Crippen LogP contribution in [0.25, 0.3) is 10.1 Å². The van der Waals surface area contributed by atoms with Gasteiger partial charge in [0.15, 0.2) is 0 Å². The number of carbonyl (C=O) groups excluding carboxylic acids is 1. The van der Waals surface area contributed by atoms with Gasteiger partial charge in [-0.15, -0.1) is 11.3 Å². The van der Waals surface area contributed by atoms with Gasteiger partial charge >= 0.3 is 5.97 Å². The molecule has 1 heterocycles. The van der Waals surface area contributed by atoms with Gasteiger partial charge in [-0.2, -0.15) is 0 Å². The fraction of sp³-hybridized carbons (Fsp3) is 0.0625. The van der Waals surface area contributed by atoms with E-state index in [0.29, 0.717) is 11.5 Å². The molecule has 0 aliphatic carbocycles. The summed E-state index contributed by atoms with van der Waals surface area (Å²) in [5, 5.41) is 1.09. The molecule has 0 radical (unpaired) electrons. The molecule has 0 aliphatic rings. The normalized spacial score (nSPS) is 10.7. The Labute approximate surface area is 134 Å². The maximum absolute atomic E-state index is 12.1. The van der Waals surface area contributed by atoms with Crippen LogP contribution in [0.15, 0.2) is 54.6 Å². The lowest BCUT2D eigenvalue weighted by Crippen LogP contribution is -2.02. The van der Waals surface area contributed by atoms with Crippen molar-refractivity contribution >= 4 is 50.0 Å². The van der Waals surface area contributed by atoms with Gasteiger partial charge in [0.1, 0.15) is 11.5 Å². The number of halogens is 1. The van der Waals surface area contributed by atoms with Gasteiger partial charge in [-0.25, -0.2) is 4.79 Å². The molecule has 3 aromatic rings. The Kier molecular flexibility index (Phi) is 4.03. The SMILES string of the molecule is O=C(OCc1ccccc1)c1cc2ccc(I)cc2s1. The molecule has 0 saturated heterocycles. The van der Waals surface area contributed by atoms with Crippen LogP contribution in [-0.2, 0) is 11.3 Å². The van der Waals surface area contributed by atoms with Gasteiger partial charge < -0.3 is 4.74 Å². The second kappa shape index (κ2) is 5.93. The Morgan fingerprint density at radius 1 is 1.10 bits per heavy atom. The number of esters is 1. The molecule has 2 nitrogen and oxygen atoms in total. The molecule has 4 heteroatoms. The van der Waals surface area contributed by atoms with E-state index in [9.17, 15) is 4.79 Å². The number of hydrogen-bond donors (Lipinski definition) is 0. The van der Waals surface area contributed by atoms with Gasteiger partial charge in [-0.1, -0.05) is 36.4 Å².